The lowest BCUT2D eigenvalue weighted by atomic mass is 10.2. The molecular formula is C16H25IN4OS. The van der Waals surface area contributed by atoms with Gasteiger partial charge in [0.05, 0.1) is 12.3 Å². The first-order chi connectivity index (χ1) is 10.7. The molecule has 0 bridgehead atoms. The van der Waals surface area contributed by atoms with Crippen LogP contribution in [0.3, 0.4) is 0 Å². The summed E-state index contributed by atoms with van der Waals surface area (Å²) in [6, 6.07) is 8.32. The molecule has 2 heterocycles. The van der Waals surface area contributed by atoms with Crippen LogP contribution in [-0.4, -0.2) is 45.1 Å². The lowest BCUT2D eigenvalue weighted by molar-refractivity contribution is 0.258. The molecule has 2 aromatic heterocycles. The van der Waals surface area contributed by atoms with Crippen molar-refractivity contribution in [1.82, 2.24) is 15.5 Å². The van der Waals surface area contributed by atoms with E-state index >= 15 is 0 Å². The molecule has 0 saturated heterocycles. The number of thiophene rings is 1. The molecule has 1 unspecified atom stereocenters. The summed E-state index contributed by atoms with van der Waals surface area (Å²) in [6.45, 7) is 1.60. The molecule has 0 aliphatic rings. The van der Waals surface area contributed by atoms with Crippen LogP contribution in [0.4, 0.5) is 0 Å². The summed E-state index contributed by atoms with van der Waals surface area (Å²) in [5.74, 6) is 1.77. The monoisotopic (exact) mass is 448 g/mol. The highest BCUT2D eigenvalue weighted by molar-refractivity contribution is 14.0. The Morgan fingerprint density at radius 1 is 1.30 bits per heavy atom. The second-order valence-electron chi connectivity index (χ2n) is 5.20. The van der Waals surface area contributed by atoms with Crippen LogP contribution in [0, 0.1) is 0 Å². The van der Waals surface area contributed by atoms with E-state index in [4.69, 9.17) is 4.42 Å². The highest BCUT2D eigenvalue weighted by Crippen LogP contribution is 2.17. The van der Waals surface area contributed by atoms with Crippen LogP contribution in [-0.2, 0) is 6.42 Å². The van der Waals surface area contributed by atoms with Gasteiger partial charge >= 0.3 is 0 Å². The second kappa shape index (κ2) is 10.7. The minimum absolute atomic E-state index is 0. The predicted octanol–water partition coefficient (Wildman–Crippen LogP) is 2.97. The molecule has 2 aromatic rings. The summed E-state index contributed by atoms with van der Waals surface area (Å²) in [7, 11) is 5.88. The average Bonchev–Trinajstić information content (AvgIpc) is 3.18. The van der Waals surface area contributed by atoms with Crippen molar-refractivity contribution < 1.29 is 4.42 Å². The molecule has 0 aliphatic heterocycles. The van der Waals surface area contributed by atoms with Crippen molar-refractivity contribution in [2.24, 2.45) is 4.99 Å². The van der Waals surface area contributed by atoms with Gasteiger partial charge < -0.3 is 15.1 Å². The standard InChI is InChI=1S/C16H24N4OS.HI/c1-17-16(18-9-8-13-6-5-11-22-13)19-12-14(20(2)3)15-7-4-10-21-15;/h4-7,10-11,14H,8-9,12H2,1-3H3,(H2,17,18,19);1H. The van der Waals surface area contributed by atoms with Crippen LogP contribution in [0.25, 0.3) is 0 Å². The molecule has 5 nitrogen and oxygen atoms in total. The van der Waals surface area contributed by atoms with Crippen LogP contribution in [0.5, 0.6) is 0 Å². The first-order valence-corrected chi connectivity index (χ1v) is 8.25. The lowest BCUT2D eigenvalue weighted by Gasteiger charge is -2.23. The Labute approximate surface area is 159 Å². The highest BCUT2D eigenvalue weighted by Gasteiger charge is 2.17. The molecule has 0 aliphatic carbocycles. The Morgan fingerprint density at radius 2 is 2.13 bits per heavy atom. The van der Waals surface area contributed by atoms with E-state index < -0.39 is 0 Å². The molecule has 1 atom stereocenters. The largest absolute Gasteiger partial charge is 0.468 e. The maximum atomic E-state index is 5.51. The van der Waals surface area contributed by atoms with Crippen molar-refractivity contribution in [3.63, 3.8) is 0 Å². The Balaban J connectivity index is 0.00000264. The van der Waals surface area contributed by atoms with Gasteiger partial charge in [0, 0.05) is 25.0 Å². The average molecular weight is 448 g/mol. The zero-order valence-electron chi connectivity index (χ0n) is 13.8. The summed E-state index contributed by atoms with van der Waals surface area (Å²) in [6.07, 6.45) is 2.72. The van der Waals surface area contributed by atoms with Crippen LogP contribution < -0.4 is 10.6 Å². The molecule has 0 saturated carbocycles. The fourth-order valence-electron chi connectivity index (χ4n) is 2.19. The Hall–Kier alpha value is -1.06. The van der Waals surface area contributed by atoms with Crippen molar-refractivity contribution in [3.05, 3.63) is 46.5 Å². The Morgan fingerprint density at radius 3 is 2.70 bits per heavy atom. The minimum Gasteiger partial charge on any atom is -0.468 e. The van der Waals surface area contributed by atoms with Crippen molar-refractivity contribution in [2.75, 3.05) is 34.2 Å². The molecule has 0 fully saturated rings. The molecule has 128 valence electrons. The van der Waals surface area contributed by atoms with Gasteiger partial charge in [-0.1, -0.05) is 6.07 Å². The molecule has 7 heteroatoms. The number of aliphatic imine (C=N–C) groups is 1. The van der Waals surface area contributed by atoms with Crippen LogP contribution in [0.2, 0.25) is 0 Å². The maximum Gasteiger partial charge on any atom is 0.191 e. The third-order valence-electron chi connectivity index (χ3n) is 3.43. The van der Waals surface area contributed by atoms with Crippen molar-refractivity contribution >= 4 is 41.3 Å². The van der Waals surface area contributed by atoms with Gasteiger partial charge in [0.15, 0.2) is 5.96 Å². The number of nitrogens with one attached hydrogen (secondary N) is 2. The zero-order valence-corrected chi connectivity index (χ0v) is 16.9. The van der Waals surface area contributed by atoms with E-state index in [1.54, 1.807) is 24.6 Å². The fourth-order valence-corrected chi connectivity index (χ4v) is 2.90. The highest BCUT2D eigenvalue weighted by atomic mass is 127. The van der Waals surface area contributed by atoms with E-state index in [-0.39, 0.29) is 30.0 Å². The molecule has 0 aromatic carbocycles. The predicted molar refractivity (Wildman–Crippen MR) is 108 cm³/mol. The fraction of sp³-hybridized carbons (Fsp3) is 0.438. The first kappa shape index (κ1) is 20.0. The van der Waals surface area contributed by atoms with E-state index in [2.05, 4.69) is 38.0 Å². The van der Waals surface area contributed by atoms with Gasteiger partial charge in [-0.25, -0.2) is 0 Å². The topological polar surface area (TPSA) is 52.8 Å². The molecule has 0 radical (unpaired) electrons. The summed E-state index contributed by atoms with van der Waals surface area (Å²) >= 11 is 1.78. The molecular weight excluding hydrogens is 423 g/mol. The number of halogens is 1. The maximum absolute atomic E-state index is 5.51. The van der Waals surface area contributed by atoms with E-state index in [1.165, 1.54) is 4.88 Å². The molecule has 2 N–H and O–H groups in total. The quantitative estimate of drug-likeness (QED) is 0.389. The van der Waals surface area contributed by atoms with Gasteiger partial charge in [-0.05, 0) is 44.1 Å². The smallest absolute Gasteiger partial charge is 0.191 e. The van der Waals surface area contributed by atoms with Gasteiger partial charge in [-0.15, -0.1) is 35.3 Å². The van der Waals surface area contributed by atoms with Crippen LogP contribution in [0.15, 0.2) is 45.3 Å². The molecule has 23 heavy (non-hydrogen) atoms. The number of furan rings is 1. The van der Waals surface area contributed by atoms with E-state index in [0.29, 0.717) is 0 Å². The van der Waals surface area contributed by atoms with Crippen LogP contribution >= 0.6 is 35.3 Å². The van der Waals surface area contributed by atoms with Crippen LogP contribution in [0.1, 0.15) is 16.7 Å². The minimum atomic E-state index is 0. The number of likely N-dealkylation sites (N-methyl/N-ethyl adjacent to an activating group) is 1. The van der Waals surface area contributed by atoms with Gasteiger partial charge in [0.25, 0.3) is 0 Å². The summed E-state index contributed by atoms with van der Waals surface area (Å²) in [5.41, 5.74) is 0. The zero-order chi connectivity index (χ0) is 15.8. The van der Waals surface area contributed by atoms with Gasteiger partial charge in [0.1, 0.15) is 5.76 Å². The lowest BCUT2D eigenvalue weighted by Crippen LogP contribution is -2.42. The van der Waals surface area contributed by atoms with Crippen molar-refractivity contribution in [3.8, 4) is 0 Å². The first-order valence-electron chi connectivity index (χ1n) is 7.37. The number of guanidine groups is 1. The normalized spacial score (nSPS) is 12.8. The third-order valence-corrected chi connectivity index (χ3v) is 4.36. The second-order valence-corrected chi connectivity index (χ2v) is 6.24. The van der Waals surface area contributed by atoms with Crippen molar-refractivity contribution in [2.45, 2.75) is 12.5 Å². The summed E-state index contributed by atoms with van der Waals surface area (Å²) in [4.78, 5) is 7.78. The summed E-state index contributed by atoms with van der Waals surface area (Å²) < 4.78 is 5.51. The number of nitrogens with zero attached hydrogens (tertiary/aromatic N) is 2. The Kier molecular flexibility index (Phi) is 9.27. The molecule has 0 spiro atoms. The number of hydrogen-bond acceptors (Lipinski definition) is 4. The van der Waals surface area contributed by atoms with Gasteiger partial charge in [-0.3, -0.25) is 9.89 Å². The summed E-state index contributed by atoms with van der Waals surface area (Å²) in [5, 5.41) is 8.81. The SMILES string of the molecule is CN=C(NCCc1cccs1)NCC(c1ccco1)N(C)C.I. The van der Waals surface area contributed by atoms with E-state index in [1.807, 2.05) is 26.2 Å². The number of rotatable bonds is 7. The third kappa shape index (κ3) is 6.52. The molecule has 2 rings (SSSR count). The van der Waals surface area contributed by atoms with Gasteiger partial charge in [0.2, 0.25) is 0 Å². The van der Waals surface area contributed by atoms with E-state index in [9.17, 15) is 0 Å². The van der Waals surface area contributed by atoms with Gasteiger partial charge in [-0.2, -0.15) is 0 Å². The molecule has 0 amide bonds. The van der Waals surface area contributed by atoms with Crippen molar-refractivity contribution in [1.29, 1.82) is 0 Å². The Bertz CT molecular complexity index is 555. The number of hydrogen-bond donors (Lipinski definition) is 2. The van der Waals surface area contributed by atoms with E-state index in [0.717, 1.165) is 31.2 Å².